The second-order valence-corrected chi connectivity index (χ2v) is 8.08. The quantitative estimate of drug-likeness (QED) is 0.360. The molecule has 0 aliphatic rings. The van der Waals surface area contributed by atoms with Crippen molar-refractivity contribution in [2.45, 2.75) is 13.5 Å². The summed E-state index contributed by atoms with van der Waals surface area (Å²) in [4.78, 5) is 17.9. The zero-order valence-electron chi connectivity index (χ0n) is 15.9. The lowest BCUT2D eigenvalue weighted by molar-refractivity contribution is 0.0998. The van der Waals surface area contributed by atoms with Crippen LogP contribution in [0.4, 0.5) is 0 Å². The van der Waals surface area contributed by atoms with Crippen molar-refractivity contribution in [2.24, 2.45) is 4.99 Å². The van der Waals surface area contributed by atoms with Crippen LogP contribution in [0.2, 0.25) is 5.02 Å². The Bertz CT molecular complexity index is 1270. The number of thiazole rings is 1. The van der Waals surface area contributed by atoms with Gasteiger partial charge < -0.3 is 4.57 Å². The highest BCUT2D eigenvalue weighted by molar-refractivity contribution is 7.16. The predicted molar refractivity (Wildman–Crippen MR) is 122 cm³/mol. The van der Waals surface area contributed by atoms with Crippen LogP contribution in [-0.2, 0) is 6.54 Å². The van der Waals surface area contributed by atoms with E-state index >= 15 is 0 Å². The van der Waals surface area contributed by atoms with Gasteiger partial charge in [-0.2, -0.15) is 4.99 Å². The SMILES string of the molecule is C=CCn1c(=NC(=O)c2ccc(-c3ccccc3)cc2)sc2ccc(Cl)c(C)c21. The van der Waals surface area contributed by atoms with Gasteiger partial charge >= 0.3 is 0 Å². The molecule has 144 valence electrons. The molecule has 4 rings (SSSR count). The number of aryl methyl sites for hydroxylation is 1. The number of carbonyl (C=O) groups excluding carboxylic acids is 1. The number of carbonyl (C=O) groups is 1. The number of nitrogens with zero attached hydrogens (tertiary/aromatic N) is 2. The minimum atomic E-state index is -0.266. The van der Waals surface area contributed by atoms with Gasteiger partial charge in [0.15, 0.2) is 4.80 Å². The van der Waals surface area contributed by atoms with Gasteiger partial charge in [-0.05, 0) is 47.9 Å². The number of aromatic nitrogens is 1. The lowest BCUT2D eigenvalue weighted by Crippen LogP contribution is -2.16. The number of rotatable bonds is 4. The molecule has 0 N–H and O–H groups in total. The van der Waals surface area contributed by atoms with Gasteiger partial charge in [-0.15, -0.1) is 6.58 Å². The summed E-state index contributed by atoms with van der Waals surface area (Å²) in [5, 5.41) is 0.697. The first-order valence-electron chi connectivity index (χ1n) is 9.22. The molecule has 0 saturated heterocycles. The summed E-state index contributed by atoms with van der Waals surface area (Å²) in [7, 11) is 0. The maximum Gasteiger partial charge on any atom is 0.279 e. The maximum absolute atomic E-state index is 12.8. The zero-order chi connectivity index (χ0) is 20.4. The topological polar surface area (TPSA) is 34.4 Å². The lowest BCUT2D eigenvalue weighted by Gasteiger charge is -2.05. The van der Waals surface area contributed by atoms with E-state index in [1.54, 1.807) is 6.08 Å². The molecule has 0 bridgehead atoms. The highest BCUT2D eigenvalue weighted by atomic mass is 35.5. The summed E-state index contributed by atoms with van der Waals surface area (Å²) in [6, 6.07) is 21.5. The molecule has 0 aliphatic carbocycles. The molecule has 1 aromatic heterocycles. The van der Waals surface area contributed by atoms with Crippen LogP contribution in [0, 0.1) is 6.92 Å². The molecule has 1 amide bonds. The minimum Gasteiger partial charge on any atom is -0.312 e. The molecule has 3 nitrogen and oxygen atoms in total. The van der Waals surface area contributed by atoms with Crippen molar-refractivity contribution in [2.75, 3.05) is 0 Å². The van der Waals surface area contributed by atoms with E-state index in [9.17, 15) is 4.79 Å². The highest BCUT2D eigenvalue weighted by Crippen LogP contribution is 2.27. The van der Waals surface area contributed by atoms with Crippen LogP contribution in [0.5, 0.6) is 0 Å². The normalized spacial score (nSPS) is 11.7. The summed E-state index contributed by atoms with van der Waals surface area (Å²) >= 11 is 7.78. The Morgan fingerprint density at radius 1 is 1.07 bits per heavy atom. The van der Waals surface area contributed by atoms with Crippen molar-refractivity contribution in [3.05, 3.63) is 100 Å². The molecule has 0 fully saturated rings. The Hall–Kier alpha value is -2.95. The zero-order valence-corrected chi connectivity index (χ0v) is 17.5. The van der Waals surface area contributed by atoms with Crippen molar-refractivity contribution < 1.29 is 4.79 Å². The van der Waals surface area contributed by atoms with Crippen LogP contribution in [0.3, 0.4) is 0 Å². The summed E-state index contributed by atoms with van der Waals surface area (Å²) in [5.41, 5.74) is 4.71. The smallest absolute Gasteiger partial charge is 0.279 e. The molecule has 5 heteroatoms. The van der Waals surface area contributed by atoms with Gasteiger partial charge in [0.1, 0.15) is 0 Å². The molecule has 0 saturated carbocycles. The third kappa shape index (κ3) is 3.82. The largest absolute Gasteiger partial charge is 0.312 e. The predicted octanol–water partition coefficient (Wildman–Crippen LogP) is 6.26. The van der Waals surface area contributed by atoms with Crippen LogP contribution in [0.1, 0.15) is 15.9 Å². The molecule has 0 aliphatic heterocycles. The summed E-state index contributed by atoms with van der Waals surface area (Å²) in [6.07, 6.45) is 1.80. The summed E-state index contributed by atoms with van der Waals surface area (Å²) in [5.74, 6) is -0.266. The molecular weight excluding hydrogens is 400 g/mol. The molecule has 1 heterocycles. The van der Waals surface area contributed by atoms with E-state index < -0.39 is 0 Å². The molecule has 0 atom stereocenters. The molecule has 0 spiro atoms. The van der Waals surface area contributed by atoms with Gasteiger partial charge in [-0.25, -0.2) is 0 Å². The standard InChI is InChI=1S/C24H19ClN2OS/c1-3-15-27-22-16(2)20(25)13-14-21(22)29-24(27)26-23(28)19-11-9-18(10-12-19)17-7-5-4-6-8-17/h3-14H,1,15H2,2H3. The molecule has 29 heavy (non-hydrogen) atoms. The van der Waals surface area contributed by atoms with Gasteiger partial charge in [0.2, 0.25) is 0 Å². The number of hydrogen-bond donors (Lipinski definition) is 0. The van der Waals surface area contributed by atoms with Gasteiger partial charge in [-0.3, -0.25) is 4.79 Å². The number of halogens is 1. The first-order chi connectivity index (χ1) is 14.1. The van der Waals surface area contributed by atoms with E-state index in [-0.39, 0.29) is 5.91 Å². The molecule has 4 aromatic rings. The van der Waals surface area contributed by atoms with Crippen LogP contribution in [0.25, 0.3) is 21.3 Å². The molecule has 0 radical (unpaired) electrons. The third-order valence-corrected chi connectivity index (χ3v) is 6.23. The van der Waals surface area contributed by atoms with E-state index in [1.165, 1.54) is 11.3 Å². The van der Waals surface area contributed by atoms with E-state index in [0.29, 0.717) is 21.9 Å². The second kappa shape index (κ2) is 8.19. The Morgan fingerprint density at radius 2 is 1.76 bits per heavy atom. The van der Waals surface area contributed by atoms with Gasteiger partial charge in [0.25, 0.3) is 5.91 Å². The fourth-order valence-corrected chi connectivity index (χ4v) is 4.54. The van der Waals surface area contributed by atoms with Crippen molar-refractivity contribution in [1.82, 2.24) is 4.57 Å². The van der Waals surface area contributed by atoms with Gasteiger partial charge in [-0.1, -0.05) is 71.5 Å². The summed E-state index contributed by atoms with van der Waals surface area (Å²) < 4.78 is 3.03. The fourth-order valence-electron chi connectivity index (χ4n) is 3.29. The number of fused-ring (bicyclic) bond motifs is 1. The maximum atomic E-state index is 12.8. The number of hydrogen-bond acceptors (Lipinski definition) is 2. The van der Waals surface area contributed by atoms with Crippen LogP contribution in [-0.4, -0.2) is 10.5 Å². The van der Waals surface area contributed by atoms with E-state index in [1.807, 2.05) is 78.2 Å². The first kappa shape index (κ1) is 19.4. The van der Waals surface area contributed by atoms with E-state index in [0.717, 1.165) is 26.9 Å². The molecular formula is C24H19ClN2OS. The first-order valence-corrected chi connectivity index (χ1v) is 10.4. The monoisotopic (exact) mass is 418 g/mol. The third-order valence-electron chi connectivity index (χ3n) is 4.78. The number of allylic oxidation sites excluding steroid dienone is 1. The Kier molecular flexibility index (Phi) is 5.47. The van der Waals surface area contributed by atoms with Gasteiger partial charge in [0.05, 0.1) is 10.2 Å². The van der Waals surface area contributed by atoms with Crippen LogP contribution < -0.4 is 4.80 Å². The number of benzene rings is 3. The van der Waals surface area contributed by atoms with E-state index in [2.05, 4.69) is 11.6 Å². The Labute approximate surface area is 178 Å². The van der Waals surface area contributed by atoms with Crippen LogP contribution >= 0.6 is 22.9 Å². The fraction of sp³-hybridized carbons (Fsp3) is 0.0833. The van der Waals surface area contributed by atoms with E-state index in [4.69, 9.17) is 11.6 Å². The average Bonchev–Trinajstić information content (AvgIpc) is 3.09. The highest BCUT2D eigenvalue weighted by Gasteiger charge is 2.12. The van der Waals surface area contributed by atoms with Crippen molar-refractivity contribution >= 4 is 39.1 Å². The second-order valence-electron chi connectivity index (χ2n) is 6.66. The molecule has 3 aromatic carbocycles. The average molecular weight is 419 g/mol. The van der Waals surface area contributed by atoms with Crippen molar-refractivity contribution in [1.29, 1.82) is 0 Å². The molecule has 0 unspecified atom stereocenters. The Morgan fingerprint density at radius 3 is 2.45 bits per heavy atom. The van der Waals surface area contributed by atoms with Crippen LogP contribution in [0.15, 0.2) is 84.4 Å². The number of amides is 1. The summed E-state index contributed by atoms with van der Waals surface area (Å²) in [6.45, 7) is 6.37. The lowest BCUT2D eigenvalue weighted by atomic mass is 10.0. The minimum absolute atomic E-state index is 0.266. The van der Waals surface area contributed by atoms with Gasteiger partial charge in [0, 0.05) is 17.1 Å². The van der Waals surface area contributed by atoms with Crippen molar-refractivity contribution in [3.63, 3.8) is 0 Å². The Balaban J connectivity index is 1.75. The van der Waals surface area contributed by atoms with Crippen molar-refractivity contribution in [3.8, 4) is 11.1 Å².